The summed E-state index contributed by atoms with van der Waals surface area (Å²) in [6.07, 6.45) is 0. The van der Waals surface area contributed by atoms with Crippen LogP contribution in [0.25, 0.3) is 11.1 Å². The molecule has 72 valence electrons. The minimum atomic E-state index is 0.665. The van der Waals surface area contributed by atoms with Crippen LogP contribution in [0.15, 0.2) is 29.6 Å². The third-order valence-corrected chi connectivity index (χ3v) is 3.91. The molecule has 1 heterocycles. The van der Waals surface area contributed by atoms with Gasteiger partial charge in [0.1, 0.15) is 4.34 Å². The molecule has 1 aromatic carbocycles. The first-order chi connectivity index (χ1) is 6.68. The van der Waals surface area contributed by atoms with Crippen LogP contribution in [-0.4, -0.2) is 0 Å². The van der Waals surface area contributed by atoms with E-state index in [0.717, 1.165) is 11.1 Å². The summed E-state index contributed by atoms with van der Waals surface area (Å²) in [6.45, 7) is 0. The highest BCUT2D eigenvalue weighted by Crippen LogP contribution is 2.37. The van der Waals surface area contributed by atoms with Gasteiger partial charge in [0.05, 0.1) is 5.69 Å². The first kappa shape index (κ1) is 10.3. The molecule has 1 aromatic heterocycles. The lowest BCUT2D eigenvalue weighted by Crippen LogP contribution is -1.85. The van der Waals surface area contributed by atoms with E-state index in [2.05, 4.69) is 46.9 Å². The zero-order valence-electron chi connectivity index (χ0n) is 7.13. The molecule has 0 fully saturated rings. The molecule has 0 bridgehead atoms. The van der Waals surface area contributed by atoms with Gasteiger partial charge in [0.15, 0.2) is 0 Å². The fourth-order valence-corrected chi connectivity index (χ4v) is 2.51. The molecule has 0 spiro atoms. The number of rotatable bonds is 1. The maximum absolute atomic E-state index is 5.90. The highest BCUT2D eigenvalue weighted by atomic mass is 127. The molecular formula is C10H7ClINS. The van der Waals surface area contributed by atoms with Crippen molar-refractivity contribution in [3.8, 4) is 11.1 Å². The Labute approximate surface area is 105 Å². The van der Waals surface area contributed by atoms with E-state index in [1.54, 1.807) is 0 Å². The summed E-state index contributed by atoms with van der Waals surface area (Å²) >= 11 is 9.65. The van der Waals surface area contributed by atoms with Crippen LogP contribution in [0.3, 0.4) is 0 Å². The molecule has 0 radical (unpaired) electrons. The normalized spacial score (nSPS) is 10.4. The Morgan fingerprint density at radius 1 is 1.21 bits per heavy atom. The number of hydrogen-bond donors (Lipinski definition) is 1. The van der Waals surface area contributed by atoms with Gasteiger partial charge in [0.2, 0.25) is 0 Å². The number of thiophene rings is 1. The van der Waals surface area contributed by atoms with E-state index >= 15 is 0 Å². The molecule has 0 aliphatic rings. The van der Waals surface area contributed by atoms with Crippen molar-refractivity contribution in [3.63, 3.8) is 0 Å². The molecule has 2 aromatic rings. The van der Waals surface area contributed by atoms with Crippen molar-refractivity contribution in [1.29, 1.82) is 0 Å². The smallest absolute Gasteiger partial charge is 0.116 e. The molecule has 0 saturated carbocycles. The van der Waals surface area contributed by atoms with Gasteiger partial charge in [-0.15, -0.1) is 11.3 Å². The third-order valence-electron chi connectivity index (χ3n) is 1.94. The van der Waals surface area contributed by atoms with Gasteiger partial charge in [-0.05, 0) is 40.3 Å². The van der Waals surface area contributed by atoms with E-state index in [1.165, 1.54) is 14.9 Å². The molecule has 0 unspecified atom stereocenters. The van der Waals surface area contributed by atoms with Gasteiger partial charge in [-0.25, -0.2) is 0 Å². The maximum atomic E-state index is 5.90. The first-order valence-electron chi connectivity index (χ1n) is 3.97. The molecule has 0 atom stereocenters. The van der Waals surface area contributed by atoms with Crippen molar-refractivity contribution >= 4 is 51.2 Å². The van der Waals surface area contributed by atoms with Gasteiger partial charge >= 0.3 is 0 Å². The summed E-state index contributed by atoms with van der Waals surface area (Å²) < 4.78 is 1.88. The van der Waals surface area contributed by atoms with Crippen molar-refractivity contribution in [2.24, 2.45) is 0 Å². The fraction of sp³-hybridized carbons (Fsp3) is 0. The summed E-state index contributed by atoms with van der Waals surface area (Å²) in [6, 6.07) is 8.22. The van der Waals surface area contributed by atoms with Crippen LogP contribution in [0.4, 0.5) is 5.69 Å². The van der Waals surface area contributed by atoms with Crippen LogP contribution in [0, 0.1) is 3.57 Å². The van der Waals surface area contributed by atoms with Crippen molar-refractivity contribution in [2.45, 2.75) is 0 Å². The average molecular weight is 336 g/mol. The molecule has 0 amide bonds. The lowest BCUT2D eigenvalue weighted by molar-refractivity contribution is 1.62. The summed E-state index contributed by atoms with van der Waals surface area (Å²) in [7, 11) is 0. The highest BCUT2D eigenvalue weighted by molar-refractivity contribution is 14.1. The van der Waals surface area contributed by atoms with Gasteiger partial charge in [0, 0.05) is 14.5 Å². The van der Waals surface area contributed by atoms with Gasteiger partial charge in [-0.1, -0.05) is 23.7 Å². The second-order valence-electron chi connectivity index (χ2n) is 2.84. The molecule has 0 aliphatic heterocycles. The van der Waals surface area contributed by atoms with Crippen LogP contribution in [-0.2, 0) is 0 Å². The van der Waals surface area contributed by atoms with E-state index in [9.17, 15) is 0 Å². The molecule has 2 N–H and O–H groups in total. The molecule has 0 saturated heterocycles. The zero-order chi connectivity index (χ0) is 10.1. The standard InChI is InChI=1S/C10H7ClINS/c11-10-9(13)8(5-14-10)6-1-3-7(12)4-2-6/h1-5H,13H2. The lowest BCUT2D eigenvalue weighted by atomic mass is 10.1. The van der Waals surface area contributed by atoms with Crippen molar-refractivity contribution in [1.82, 2.24) is 0 Å². The van der Waals surface area contributed by atoms with E-state index < -0.39 is 0 Å². The van der Waals surface area contributed by atoms with Gasteiger partial charge < -0.3 is 5.73 Å². The Morgan fingerprint density at radius 3 is 2.36 bits per heavy atom. The summed E-state index contributed by atoms with van der Waals surface area (Å²) in [5.74, 6) is 0. The highest BCUT2D eigenvalue weighted by Gasteiger charge is 2.07. The number of hydrogen-bond acceptors (Lipinski definition) is 2. The van der Waals surface area contributed by atoms with Gasteiger partial charge in [-0.2, -0.15) is 0 Å². The molecule has 14 heavy (non-hydrogen) atoms. The Balaban J connectivity index is 2.49. The average Bonchev–Trinajstić information content (AvgIpc) is 2.50. The molecule has 2 rings (SSSR count). The van der Waals surface area contributed by atoms with Crippen LogP contribution in [0.2, 0.25) is 4.34 Å². The molecular weight excluding hydrogens is 329 g/mol. The number of nitrogens with two attached hydrogens (primary N) is 1. The van der Waals surface area contributed by atoms with Crippen molar-refractivity contribution < 1.29 is 0 Å². The maximum Gasteiger partial charge on any atom is 0.116 e. The third kappa shape index (κ3) is 1.89. The Bertz CT molecular complexity index is 450. The van der Waals surface area contributed by atoms with Crippen molar-refractivity contribution in [2.75, 3.05) is 5.73 Å². The number of nitrogen functional groups attached to an aromatic ring is 1. The van der Waals surface area contributed by atoms with Crippen molar-refractivity contribution in [3.05, 3.63) is 37.6 Å². The van der Waals surface area contributed by atoms with E-state index in [-0.39, 0.29) is 0 Å². The van der Waals surface area contributed by atoms with E-state index in [4.69, 9.17) is 17.3 Å². The molecule has 0 aliphatic carbocycles. The zero-order valence-corrected chi connectivity index (χ0v) is 10.9. The van der Waals surface area contributed by atoms with Crippen LogP contribution >= 0.6 is 45.5 Å². The number of benzene rings is 1. The minimum absolute atomic E-state index is 0.665. The largest absolute Gasteiger partial charge is 0.396 e. The van der Waals surface area contributed by atoms with Gasteiger partial charge in [0.25, 0.3) is 0 Å². The quantitative estimate of drug-likeness (QED) is 0.774. The Hall–Kier alpha value is -0.260. The number of anilines is 1. The first-order valence-corrected chi connectivity index (χ1v) is 6.30. The van der Waals surface area contributed by atoms with Crippen LogP contribution < -0.4 is 5.73 Å². The van der Waals surface area contributed by atoms with Gasteiger partial charge in [-0.3, -0.25) is 0 Å². The summed E-state index contributed by atoms with van der Waals surface area (Å²) in [5.41, 5.74) is 8.67. The van der Waals surface area contributed by atoms with Crippen LogP contribution in [0.1, 0.15) is 0 Å². The Morgan fingerprint density at radius 2 is 1.86 bits per heavy atom. The van der Waals surface area contributed by atoms with E-state index in [1.807, 2.05) is 5.38 Å². The predicted octanol–water partition coefficient (Wildman–Crippen LogP) is 4.26. The van der Waals surface area contributed by atoms with Crippen LogP contribution in [0.5, 0.6) is 0 Å². The monoisotopic (exact) mass is 335 g/mol. The topological polar surface area (TPSA) is 26.0 Å². The second kappa shape index (κ2) is 4.08. The van der Waals surface area contributed by atoms with E-state index in [0.29, 0.717) is 10.0 Å². The second-order valence-corrected chi connectivity index (χ2v) is 5.57. The predicted molar refractivity (Wildman–Crippen MR) is 71.9 cm³/mol. The Kier molecular flexibility index (Phi) is 2.99. The summed E-state index contributed by atoms with van der Waals surface area (Å²) in [4.78, 5) is 0. The summed E-state index contributed by atoms with van der Waals surface area (Å²) in [5, 5.41) is 1.99. The minimum Gasteiger partial charge on any atom is -0.396 e. The molecule has 1 nitrogen and oxygen atoms in total. The molecule has 4 heteroatoms. The SMILES string of the molecule is Nc1c(-c2ccc(I)cc2)csc1Cl. The fourth-order valence-electron chi connectivity index (χ4n) is 1.20. The number of halogens is 2. The lowest BCUT2D eigenvalue weighted by Gasteiger charge is -2.00.